The van der Waals surface area contributed by atoms with Crippen LogP contribution in [0.1, 0.15) is 5.56 Å². The monoisotopic (exact) mass is 388 g/mol. The highest BCUT2D eigenvalue weighted by Gasteiger charge is 2.36. The topological polar surface area (TPSA) is 69.2 Å². The molecule has 3 rings (SSSR count). The molecule has 25 heavy (non-hydrogen) atoms. The molecule has 2 heterocycles. The maximum atomic E-state index is 13.3. The first-order valence-corrected chi connectivity index (χ1v) is 9.52. The van der Waals surface area contributed by atoms with Crippen molar-refractivity contribution in [3.63, 3.8) is 0 Å². The van der Waals surface area contributed by atoms with Crippen molar-refractivity contribution in [3.8, 4) is 16.3 Å². The van der Waals surface area contributed by atoms with Gasteiger partial charge in [-0.15, -0.1) is 11.3 Å². The summed E-state index contributed by atoms with van der Waals surface area (Å²) >= 11 is 1.06. The van der Waals surface area contributed by atoms with Crippen molar-refractivity contribution in [2.24, 2.45) is 0 Å². The van der Waals surface area contributed by atoms with E-state index in [2.05, 4.69) is 9.97 Å². The second-order valence-electron chi connectivity index (χ2n) is 5.20. The number of ether oxygens (including phenoxy) is 1. The first-order chi connectivity index (χ1) is 11.6. The van der Waals surface area contributed by atoms with E-state index in [1.54, 1.807) is 18.2 Å². The van der Waals surface area contributed by atoms with Gasteiger partial charge in [-0.25, -0.2) is 18.4 Å². The number of fused-ring (bicyclic) bond motifs is 1. The van der Waals surface area contributed by atoms with E-state index in [0.717, 1.165) is 17.6 Å². The summed E-state index contributed by atoms with van der Waals surface area (Å²) in [5.74, 6) is 0.566. The Hall–Kier alpha value is -2.20. The van der Waals surface area contributed by atoms with E-state index in [4.69, 9.17) is 4.74 Å². The smallest absolute Gasteiger partial charge is 0.420 e. The van der Waals surface area contributed by atoms with Crippen LogP contribution in [0.15, 0.2) is 35.6 Å². The molecule has 10 heteroatoms. The van der Waals surface area contributed by atoms with Crippen molar-refractivity contribution in [3.05, 3.63) is 36.0 Å². The number of halogens is 3. The normalized spacial score (nSPS) is 12.5. The molecule has 5 nitrogen and oxygen atoms in total. The lowest BCUT2D eigenvalue weighted by Crippen LogP contribution is -2.13. The highest BCUT2D eigenvalue weighted by molar-refractivity contribution is 7.90. The van der Waals surface area contributed by atoms with E-state index < -0.39 is 32.4 Å². The van der Waals surface area contributed by atoms with Crippen molar-refractivity contribution in [1.29, 1.82) is 0 Å². The Morgan fingerprint density at radius 2 is 1.92 bits per heavy atom. The molecule has 2 aromatic heterocycles. The van der Waals surface area contributed by atoms with E-state index in [1.807, 2.05) is 0 Å². The Labute approximate surface area is 145 Å². The first kappa shape index (κ1) is 17.6. The minimum Gasteiger partial charge on any atom is -0.497 e. The Bertz CT molecular complexity index is 1060. The van der Waals surface area contributed by atoms with Crippen LogP contribution in [0.4, 0.5) is 13.2 Å². The van der Waals surface area contributed by atoms with Gasteiger partial charge in [-0.05, 0) is 29.7 Å². The van der Waals surface area contributed by atoms with Gasteiger partial charge in [0.25, 0.3) is 0 Å². The van der Waals surface area contributed by atoms with E-state index in [0.29, 0.717) is 22.0 Å². The zero-order valence-electron chi connectivity index (χ0n) is 13.0. The van der Waals surface area contributed by atoms with Gasteiger partial charge in [-0.2, -0.15) is 13.2 Å². The summed E-state index contributed by atoms with van der Waals surface area (Å²) in [5.41, 5.74) is -1.54. The zero-order chi connectivity index (χ0) is 18.4. The fraction of sp³-hybridized carbons (Fsp3) is 0.200. The minimum atomic E-state index is -4.71. The molecule has 0 amide bonds. The summed E-state index contributed by atoms with van der Waals surface area (Å²) in [7, 11) is -2.35. The molecule has 0 aliphatic heterocycles. The van der Waals surface area contributed by atoms with E-state index in [9.17, 15) is 21.6 Å². The Balaban J connectivity index is 2.27. The van der Waals surface area contributed by atoms with Gasteiger partial charge in [-0.3, -0.25) is 0 Å². The van der Waals surface area contributed by atoms with Gasteiger partial charge in [0.15, 0.2) is 0 Å². The summed E-state index contributed by atoms with van der Waals surface area (Å²) in [4.78, 5) is 7.23. The van der Waals surface area contributed by atoms with Crippen LogP contribution in [-0.4, -0.2) is 31.8 Å². The van der Waals surface area contributed by atoms with Crippen LogP contribution >= 0.6 is 11.3 Å². The fourth-order valence-electron chi connectivity index (χ4n) is 2.19. The predicted octanol–water partition coefficient (Wildman–Crippen LogP) is 3.79. The van der Waals surface area contributed by atoms with Crippen LogP contribution in [-0.2, 0) is 16.0 Å². The number of thiophene rings is 1. The molecule has 0 aliphatic rings. The molecule has 0 atom stereocenters. The summed E-state index contributed by atoms with van der Waals surface area (Å²) in [6.07, 6.45) is -3.36. The second-order valence-corrected chi connectivity index (χ2v) is 8.19. The number of rotatable bonds is 3. The van der Waals surface area contributed by atoms with Gasteiger partial charge < -0.3 is 4.74 Å². The molecule has 0 saturated carbocycles. The highest BCUT2D eigenvalue weighted by atomic mass is 32.2. The Morgan fingerprint density at radius 1 is 1.20 bits per heavy atom. The number of methoxy groups -OCH3 is 1. The third-order valence-corrected chi connectivity index (χ3v) is 5.33. The van der Waals surface area contributed by atoms with E-state index in [1.165, 1.54) is 13.2 Å². The molecule has 0 bridgehead atoms. The maximum absolute atomic E-state index is 13.3. The number of alkyl halides is 3. The summed E-state index contributed by atoms with van der Waals surface area (Å²) in [6, 6.07) is 6.62. The third-order valence-electron chi connectivity index (χ3n) is 3.36. The summed E-state index contributed by atoms with van der Waals surface area (Å²) < 4.78 is 68.9. The molecule has 0 radical (unpaired) electrons. The van der Waals surface area contributed by atoms with Crippen LogP contribution in [0.5, 0.6) is 5.75 Å². The van der Waals surface area contributed by atoms with Crippen molar-refractivity contribution in [2.75, 3.05) is 13.4 Å². The van der Waals surface area contributed by atoms with Gasteiger partial charge in [0.2, 0.25) is 15.0 Å². The molecule has 0 saturated heterocycles. The molecule has 0 spiro atoms. The lowest BCUT2D eigenvalue weighted by molar-refractivity contribution is -0.137. The van der Waals surface area contributed by atoms with Gasteiger partial charge >= 0.3 is 6.18 Å². The van der Waals surface area contributed by atoms with Crippen molar-refractivity contribution >= 4 is 31.3 Å². The maximum Gasteiger partial charge on any atom is 0.420 e. The summed E-state index contributed by atoms with van der Waals surface area (Å²) in [6.45, 7) is 0. The number of benzene rings is 1. The fourth-order valence-corrected chi connectivity index (χ4v) is 3.79. The lowest BCUT2D eigenvalue weighted by atomic mass is 10.1. The van der Waals surface area contributed by atoms with Gasteiger partial charge in [-0.1, -0.05) is 0 Å². The average molecular weight is 388 g/mol. The van der Waals surface area contributed by atoms with Crippen molar-refractivity contribution < 1.29 is 26.3 Å². The molecule has 0 fully saturated rings. The molecule has 1 aromatic carbocycles. The molecular formula is C15H11F3N2O3S2. The van der Waals surface area contributed by atoms with Crippen molar-refractivity contribution in [1.82, 2.24) is 9.97 Å². The van der Waals surface area contributed by atoms with Crippen LogP contribution in [0.25, 0.3) is 20.7 Å². The number of hydrogen-bond acceptors (Lipinski definition) is 6. The third kappa shape index (κ3) is 3.45. The molecule has 0 unspecified atom stereocenters. The second kappa shape index (κ2) is 5.95. The van der Waals surface area contributed by atoms with Crippen LogP contribution < -0.4 is 4.74 Å². The number of hydrogen-bond donors (Lipinski definition) is 0. The Kier molecular flexibility index (Phi) is 4.20. The van der Waals surface area contributed by atoms with Gasteiger partial charge in [0, 0.05) is 17.2 Å². The Morgan fingerprint density at radius 3 is 2.52 bits per heavy atom. The predicted molar refractivity (Wildman–Crippen MR) is 87.5 cm³/mol. The zero-order valence-corrected chi connectivity index (χ0v) is 14.6. The van der Waals surface area contributed by atoms with E-state index >= 15 is 0 Å². The quantitative estimate of drug-likeness (QED) is 0.639. The van der Waals surface area contributed by atoms with Crippen LogP contribution in [0.3, 0.4) is 0 Å². The number of nitrogens with zero attached hydrogens (tertiary/aromatic N) is 2. The van der Waals surface area contributed by atoms with Crippen molar-refractivity contribution in [2.45, 2.75) is 11.3 Å². The average Bonchev–Trinajstić information content (AvgIpc) is 2.95. The summed E-state index contributed by atoms with van der Waals surface area (Å²) in [5, 5.41) is 0.0546. The molecule has 0 N–H and O–H groups in total. The number of sulfone groups is 1. The lowest BCUT2D eigenvalue weighted by Gasteiger charge is -2.11. The highest BCUT2D eigenvalue weighted by Crippen LogP contribution is 2.41. The standard InChI is InChI=1S/C15H11F3N2O3S2/c1-23-9-4-3-8-5-12(24-11(8)6-9)13-10(15(16,17)18)7-19-14(20-13)25(2,21)22/h3-7H,1-2H3. The van der Waals surface area contributed by atoms with Gasteiger partial charge in [0.1, 0.15) is 11.3 Å². The van der Waals surface area contributed by atoms with Crippen LogP contribution in [0.2, 0.25) is 0 Å². The largest absolute Gasteiger partial charge is 0.497 e. The molecule has 132 valence electrons. The van der Waals surface area contributed by atoms with Gasteiger partial charge in [0.05, 0.1) is 17.7 Å². The number of aromatic nitrogens is 2. The van der Waals surface area contributed by atoms with Crippen LogP contribution in [0, 0.1) is 0 Å². The minimum absolute atomic E-state index is 0.197. The molecule has 3 aromatic rings. The van der Waals surface area contributed by atoms with E-state index in [-0.39, 0.29) is 4.88 Å². The SMILES string of the molecule is COc1ccc2cc(-c3nc(S(C)(=O)=O)ncc3C(F)(F)F)sc2c1. The first-order valence-electron chi connectivity index (χ1n) is 6.82. The molecular weight excluding hydrogens is 377 g/mol. The molecule has 0 aliphatic carbocycles.